The van der Waals surface area contributed by atoms with Gasteiger partial charge in [-0.15, -0.1) is 0 Å². The van der Waals surface area contributed by atoms with E-state index in [1.54, 1.807) is 6.92 Å². The second-order valence-corrected chi connectivity index (χ2v) is 5.37. The average Bonchev–Trinajstić information content (AvgIpc) is 3.28. The smallest absolute Gasteiger partial charge is 0.343 e. The van der Waals surface area contributed by atoms with Crippen molar-refractivity contribution in [2.75, 3.05) is 13.2 Å². The lowest BCUT2D eigenvalue weighted by atomic mass is 9.94. The predicted octanol–water partition coefficient (Wildman–Crippen LogP) is 2.06. The van der Waals surface area contributed by atoms with Gasteiger partial charge in [0.25, 0.3) is 0 Å². The molecule has 0 amide bonds. The molecule has 0 saturated carbocycles. The van der Waals surface area contributed by atoms with Crippen molar-refractivity contribution in [3.8, 4) is 0 Å². The Morgan fingerprint density at radius 2 is 2.09 bits per heavy atom. The monoisotopic (exact) mass is 308 g/mol. The Labute approximate surface area is 131 Å². The van der Waals surface area contributed by atoms with Crippen molar-refractivity contribution in [1.82, 2.24) is 0 Å². The lowest BCUT2D eigenvalue weighted by Gasteiger charge is -2.18. The van der Waals surface area contributed by atoms with Crippen molar-refractivity contribution in [1.29, 1.82) is 0 Å². The Kier molecular flexibility index (Phi) is 5.94. The second kappa shape index (κ2) is 7.72. The van der Waals surface area contributed by atoms with Crippen LogP contribution in [0.3, 0.4) is 0 Å². The molecule has 0 aliphatic carbocycles. The molecule has 1 fully saturated rings. The summed E-state index contributed by atoms with van der Waals surface area (Å²) in [7, 11) is 0. The third kappa shape index (κ3) is 3.66. The molecular formula is C17H24O5. The maximum atomic E-state index is 12.0. The molecule has 3 atom stereocenters. The molecule has 5 heteroatoms. The largest absolute Gasteiger partial charge is 0.464 e. The van der Waals surface area contributed by atoms with Gasteiger partial charge < -0.3 is 19.3 Å². The Morgan fingerprint density at radius 1 is 1.36 bits per heavy atom. The van der Waals surface area contributed by atoms with E-state index in [1.165, 1.54) is 0 Å². The second-order valence-electron chi connectivity index (χ2n) is 5.37. The first kappa shape index (κ1) is 16.9. The van der Waals surface area contributed by atoms with Gasteiger partial charge in [-0.2, -0.15) is 0 Å². The number of rotatable bonds is 9. The van der Waals surface area contributed by atoms with Gasteiger partial charge in [-0.3, -0.25) is 0 Å². The van der Waals surface area contributed by atoms with Crippen LogP contribution < -0.4 is 0 Å². The number of carbonyl (C=O) groups is 1. The number of ether oxygens (including phenoxy) is 3. The zero-order valence-electron chi connectivity index (χ0n) is 13.2. The lowest BCUT2D eigenvalue weighted by molar-refractivity contribution is -0.154. The summed E-state index contributed by atoms with van der Waals surface area (Å²) in [6.45, 7) is 4.78. The van der Waals surface area contributed by atoms with Gasteiger partial charge in [0.05, 0.1) is 19.3 Å². The Morgan fingerprint density at radius 3 is 2.68 bits per heavy atom. The number of aliphatic hydroxyl groups excluding tert-OH is 1. The van der Waals surface area contributed by atoms with Crippen molar-refractivity contribution < 1.29 is 24.1 Å². The molecule has 22 heavy (non-hydrogen) atoms. The molecule has 0 unspecified atom stereocenters. The van der Waals surface area contributed by atoms with E-state index in [-0.39, 0.29) is 12.7 Å². The van der Waals surface area contributed by atoms with Crippen LogP contribution in [0.25, 0.3) is 0 Å². The molecule has 1 aliphatic rings. The van der Waals surface area contributed by atoms with Crippen molar-refractivity contribution >= 4 is 5.97 Å². The molecule has 0 spiro atoms. The summed E-state index contributed by atoms with van der Waals surface area (Å²) in [6, 6.07) is 9.81. The normalized spacial score (nSPS) is 24.8. The summed E-state index contributed by atoms with van der Waals surface area (Å²) in [5.41, 5.74) is -0.118. The fraction of sp³-hybridized carbons (Fsp3) is 0.588. The summed E-state index contributed by atoms with van der Waals surface area (Å²) < 4.78 is 16.1. The van der Waals surface area contributed by atoms with Crippen LogP contribution in [0.5, 0.6) is 0 Å². The van der Waals surface area contributed by atoms with Gasteiger partial charge in [0.15, 0.2) is 0 Å². The number of epoxide rings is 1. The van der Waals surface area contributed by atoms with Crippen molar-refractivity contribution in [3.63, 3.8) is 0 Å². The van der Waals surface area contributed by atoms with E-state index in [0.29, 0.717) is 26.1 Å². The average molecular weight is 308 g/mol. The van der Waals surface area contributed by atoms with Crippen LogP contribution in [-0.4, -0.2) is 42.1 Å². The van der Waals surface area contributed by atoms with Gasteiger partial charge in [0.2, 0.25) is 5.60 Å². The Bertz CT molecular complexity index is 475. The highest BCUT2D eigenvalue weighted by molar-refractivity contribution is 5.84. The molecule has 0 radical (unpaired) electrons. The van der Waals surface area contributed by atoms with Crippen LogP contribution >= 0.6 is 0 Å². The first-order chi connectivity index (χ1) is 10.6. The van der Waals surface area contributed by atoms with Gasteiger partial charge in [0, 0.05) is 13.0 Å². The van der Waals surface area contributed by atoms with Crippen LogP contribution in [-0.2, 0) is 25.6 Å². The standard InChI is InChI=1S/C17H24O5/c1-3-15-17(22-15,16(19)21-4-2)14(18)10-11-20-12-13-8-6-5-7-9-13/h5-9,14-15,18H,3-4,10-12H2,1-2H3/t14-,15-,17+/m1/s1. The Balaban J connectivity index is 1.80. The maximum Gasteiger partial charge on any atom is 0.343 e. The first-order valence-electron chi connectivity index (χ1n) is 7.79. The van der Waals surface area contributed by atoms with E-state index in [2.05, 4.69) is 0 Å². The van der Waals surface area contributed by atoms with Crippen LogP contribution in [0.4, 0.5) is 0 Å². The van der Waals surface area contributed by atoms with Crippen LogP contribution in [0.2, 0.25) is 0 Å². The Hall–Kier alpha value is -1.43. The SMILES string of the molecule is CCOC(=O)[C@@]1([C@H](O)CCOCc2ccccc2)O[C@@H]1CC. The van der Waals surface area contributed by atoms with Gasteiger partial charge in [-0.05, 0) is 18.9 Å². The van der Waals surface area contributed by atoms with E-state index < -0.39 is 17.7 Å². The molecule has 122 valence electrons. The molecule has 1 heterocycles. The fourth-order valence-electron chi connectivity index (χ4n) is 2.61. The van der Waals surface area contributed by atoms with Gasteiger partial charge in [0.1, 0.15) is 6.10 Å². The van der Waals surface area contributed by atoms with Gasteiger partial charge >= 0.3 is 5.97 Å². The predicted molar refractivity (Wildman–Crippen MR) is 81.2 cm³/mol. The number of esters is 1. The molecule has 0 aromatic heterocycles. The van der Waals surface area contributed by atoms with Crippen molar-refractivity contribution in [3.05, 3.63) is 35.9 Å². The van der Waals surface area contributed by atoms with E-state index in [0.717, 1.165) is 5.56 Å². The van der Waals surface area contributed by atoms with Crippen molar-refractivity contribution in [2.45, 2.75) is 51.1 Å². The zero-order valence-corrected chi connectivity index (χ0v) is 13.2. The fourth-order valence-corrected chi connectivity index (χ4v) is 2.61. The quantitative estimate of drug-likeness (QED) is 0.430. The summed E-state index contributed by atoms with van der Waals surface area (Å²) in [6.07, 6.45) is -0.175. The minimum atomic E-state index is -1.19. The highest BCUT2D eigenvalue weighted by Crippen LogP contribution is 2.44. The topological polar surface area (TPSA) is 68.3 Å². The molecular weight excluding hydrogens is 284 g/mol. The lowest BCUT2D eigenvalue weighted by Crippen LogP contribution is -2.42. The summed E-state index contributed by atoms with van der Waals surface area (Å²) in [5, 5.41) is 10.3. The van der Waals surface area contributed by atoms with E-state index in [4.69, 9.17) is 14.2 Å². The number of hydrogen-bond donors (Lipinski definition) is 1. The summed E-state index contributed by atoms with van der Waals surface area (Å²) in [4.78, 5) is 12.0. The maximum absolute atomic E-state index is 12.0. The minimum absolute atomic E-state index is 0.268. The molecule has 1 aromatic rings. The van der Waals surface area contributed by atoms with Gasteiger partial charge in [-0.25, -0.2) is 4.79 Å². The van der Waals surface area contributed by atoms with E-state index >= 15 is 0 Å². The van der Waals surface area contributed by atoms with E-state index in [9.17, 15) is 9.90 Å². The molecule has 0 bridgehead atoms. The highest BCUT2D eigenvalue weighted by atomic mass is 16.7. The molecule has 2 rings (SSSR count). The number of aliphatic hydroxyl groups is 1. The van der Waals surface area contributed by atoms with Crippen LogP contribution in [0.15, 0.2) is 30.3 Å². The number of hydrogen-bond acceptors (Lipinski definition) is 5. The van der Waals surface area contributed by atoms with E-state index in [1.807, 2.05) is 37.3 Å². The third-order valence-electron chi connectivity index (χ3n) is 3.87. The zero-order chi connectivity index (χ0) is 16.0. The summed E-state index contributed by atoms with van der Waals surface area (Å²) in [5.74, 6) is -0.475. The molecule has 1 N–H and O–H groups in total. The minimum Gasteiger partial charge on any atom is -0.464 e. The number of benzene rings is 1. The van der Waals surface area contributed by atoms with Crippen LogP contribution in [0.1, 0.15) is 32.3 Å². The highest BCUT2D eigenvalue weighted by Gasteiger charge is 2.67. The molecule has 1 aliphatic heterocycles. The van der Waals surface area contributed by atoms with Crippen molar-refractivity contribution in [2.24, 2.45) is 0 Å². The summed E-state index contributed by atoms with van der Waals surface area (Å²) >= 11 is 0. The van der Waals surface area contributed by atoms with Crippen LogP contribution in [0, 0.1) is 0 Å². The third-order valence-corrected chi connectivity index (χ3v) is 3.87. The number of carbonyl (C=O) groups excluding carboxylic acids is 1. The molecule has 1 aromatic carbocycles. The van der Waals surface area contributed by atoms with Gasteiger partial charge in [-0.1, -0.05) is 37.3 Å². The molecule has 1 saturated heterocycles. The molecule has 5 nitrogen and oxygen atoms in total. The first-order valence-corrected chi connectivity index (χ1v) is 7.79.